The van der Waals surface area contributed by atoms with Crippen LogP contribution in [-0.2, 0) is 0 Å². The highest BCUT2D eigenvalue weighted by molar-refractivity contribution is 5.73. The van der Waals surface area contributed by atoms with E-state index in [1.807, 2.05) is 30.3 Å². The van der Waals surface area contributed by atoms with Gasteiger partial charge in [-0.25, -0.2) is 4.79 Å². The molecule has 0 unspecified atom stereocenters. The number of carbonyl (C=O) groups is 1. The predicted molar refractivity (Wildman–Crippen MR) is 72.9 cm³/mol. The zero-order chi connectivity index (χ0) is 13.1. The molecule has 0 saturated carbocycles. The van der Waals surface area contributed by atoms with E-state index < -0.39 is 0 Å². The van der Waals surface area contributed by atoms with Crippen LogP contribution in [0.5, 0.6) is 5.75 Å². The summed E-state index contributed by atoms with van der Waals surface area (Å²) in [4.78, 5) is 11.3. The van der Waals surface area contributed by atoms with Crippen LogP contribution in [0.4, 0.5) is 4.79 Å². The smallest absolute Gasteiger partial charge is 0.314 e. The number of urea groups is 1. The number of amides is 2. The second-order valence-electron chi connectivity index (χ2n) is 4.05. The molecule has 0 aromatic heterocycles. The molecule has 0 spiro atoms. The quantitative estimate of drug-likeness (QED) is 0.697. The van der Waals surface area contributed by atoms with E-state index in [0.29, 0.717) is 13.2 Å². The van der Waals surface area contributed by atoms with Crippen LogP contribution in [0.25, 0.3) is 0 Å². The summed E-state index contributed by atoms with van der Waals surface area (Å²) in [5.41, 5.74) is 0. The van der Waals surface area contributed by atoms with Gasteiger partial charge in [0.1, 0.15) is 5.75 Å². The highest BCUT2D eigenvalue weighted by Gasteiger charge is 1.98. The molecule has 2 amide bonds. The summed E-state index contributed by atoms with van der Waals surface area (Å²) in [5, 5.41) is 5.60. The van der Waals surface area contributed by atoms with Crippen LogP contribution in [0.3, 0.4) is 0 Å². The number of ether oxygens (including phenoxy) is 1. The standard InChI is InChI=1S/C14H22N2O2/c1-2-3-10-15-14(17)16-11-7-12-18-13-8-5-4-6-9-13/h4-6,8-9H,2-3,7,10-12H2,1H3,(H2,15,16,17). The molecule has 0 saturated heterocycles. The Morgan fingerprint density at radius 1 is 1.11 bits per heavy atom. The average Bonchev–Trinajstić information content (AvgIpc) is 2.40. The molecule has 2 N–H and O–H groups in total. The Morgan fingerprint density at radius 2 is 1.78 bits per heavy atom. The maximum absolute atomic E-state index is 11.3. The molecule has 4 heteroatoms. The van der Waals surface area contributed by atoms with E-state index in [4.69, 9.17) is 4.74 Å². The van der Waals surface area contributed by atoms with Gasteiger partial charge in [0.2, 0.25) is 0 Å². The van der Waals surface area contributed by atoms with E-state index in [-0.39, 0.29) is 6.03 Å². The third-order valence-corrected chi connectivity index (χ3v) is 2.43. The summed E-state index contributed by atoms with van der Waals surface area (Å²) >= 11 is 0. The van der Waals surface area contributed by atoms with Crippen molar-refractivity contribution < 1.29 is 9.53 Å². The van der Waals surface area contributed by atoms with Gasteiger partial charge < -0.3 is 15.4 Å². The van der Waals surface area contributed by atoms with E-state index in [9.17, 15) is 4.79 Å². The molecule has 1 aromatic rings. The van der Waals surface area contributed by atoms with Crippen LogP contribution < -0.4 is 15.4 Å². The lowest BCUT2D eigenvalue weighted by atomic mass is 10.3. The van der Waals surface area contributed by atoms with Gasteiger partial charge in [-0.05, 0) is 25.0 Å². The summed E-state index contributed by atoms with van der Waals surface area (Å²) in [6, 6.07) is 9.58. The molecule has 0 fully saturated rings. The molecule has 0 aliphatic heterocycles. The van der Waals surface area contributed by atoms with Crippen molar-refractivity contribution in [1.82, 2.24) is 10.6 Å². The molecule has 0 aliphatic carbocycles. The number of nitrogens with one attached hydrogen (secondary N) is 2. The van der Waals surface area contributed by atoms with E-state index in [1.165, 1.54) is 0 Å². The zero-order valence-electron chi connectivity index (χ0n) is 10.9. The van der Waals surface area contributed by atoms with Gasteiger partial charge in [0, 0.05) is 13.1 Å². The van der Waals surface area contributed by atoms with Gasteiger partial charge in [-0.15, -0.1) is 0 Å². The molecular formula is C14H22N2O2. The Labute approximate surface area is 109 Å². The normalized spacial score (nSPS) is 9.83. The van der Waals surface area contributed by atoms with Crippen molar-refractivity contribution >= 4 is 6.03 Å². The van der Waals surface area contributed by atoms with E-state index in [0.717, 1.165) is 31.6 Å². The molecule has 0 atom stereocenters. The van der Waals surface area contributed by atoms with Gasteiger partial charge in [0.25, 0.3) is 0 Å². The third-order valence-electron chi connectivity index (χ3n) is 2.43. The van der Waals surface area contributed by atoms with Crippen molar-refractivity contribution in [2.24, 2.45) is 0 Å². The van der Waals surface area contributed by atoms with Crippen molar-refractivity contribution in [3.05, 3.63) is 30.3 Å². The largest absolute Gasteiger partial charge is 0.494 e. The van der Waals surface area contributed by atoms with Crippen molar-refractivity contribution in [2.45, 2.75) is 26.2 Å². The van der Waals surface area contributed by atoms with Crippen molar-refractivity contribution in [3.63, 3.8) is 0 Å². The van der Waals surface area contributed by atoms with Crippen LogP contribution in [-0.4, -0.2) is 25.7 Å². The first-order chi connectivity index (χ1) is 8.83. The first kappa shape index (κ1) is 14.4. The lowest BCUT2D eigenvalue weighted by Crippen LogP contribution is -2.36. The summed E-state index contributed by atoms with van der Waals surface area (Å²) < 4.78 is 5.51. The van der Waals surface area contributed by atoms with Gasteiger partial charge in [-0.3, -0.25) is 0 Å². The van der Waals surface area contributed by atoms with Crippen LogP contribution in [0.1, 0.15) is 26.2 Å². The minimum atomic E-state index is -0.0943. The lowest BCUT2D eigenvalue weighted by Gasteiger charge is -2.08. The molecule has 1 aromatic carbocycles. The van der Waals surface area contributed by atoms with Gasteiger partial charge in [0.15, 0.2) is 0 Å². The Kier molecular flexibility index (Phi) is 7.44. The maximum atomic E-state index is 11.3. The summed E-state index contributed by atoms with van der Waals surface area (Å²) in [7, 11) is 0. The van der Waals surface area contributed by atoms with Crippen LogP contribution in [0, 0.1) is 0 Å². The summed E-state index contributed by atoms with van der Waals surface area (Å²) in [5.74, 6) is 0.866. The third kappa shape index (κ3) is 6.78. The van der Waals surface area contributed by atoms with Crippen molar-refractivity contribution in [3.8, 4) is 5.75 Å². The molecule has 100 valence electrons. The van der Waals surface area contributed by atoms with Crippen LogP contribution in [0.15, 0.2) is 30.3 Å². The molecule has 0 radical (unpaired) electrons. The average molecular weight is 250 g/mol. The first-order valence-electron chi connectivity index (χ1n) is 6.52. The number of para-hydroxylation sites is 1. The van der Waals surface area contributed by atoms with Crippen LogP contribution >= 0.6 is 0 Å². The maximum Gasteiger partial charge on any atom is 0.314 e. The highest BCUT2D eigenvalue weighted by atomic mass is 16.5. The molecule has 0 bridgehead atoms. The number of rotatable bonds is 8. The summed E-state index contributed by atoms with van der Waals surface area (Å²) in [6.45, 7) is 4.08. The SMILES string of the molecule is CCCCNC(=O)NCCCOc1ccccc1. The lowest BCUT2D eigenvalue weighted by molar-refractivity contribution is 0.239. The van der Waals surface area contributed by atoms with Gasteiger partial charge in [0.05, 0.1) is 6.61 Å². The number of hydrogen-bond donors (Lipinski definition) is 2. The van der Waals surface area contributed by atoms with Gasteiger partial charge >= 0.3 is 6.03 Å². The number of hydrogen-bond acceptors (Lipinski definition) is 2. The minimum absolute atomic E-state index is 0.0943. The second-order valence-corrected chi connectivity index (χ2v) is 4.05. The van der Waals surface area contributed by atoms with Crippen molar-refractivity contribution in [1.29, 1.82) is 0 Å². The summed E-state index contributed by atoms with van der Waals surface area (Å²) in [6.07, 6.45) is 2.91. The number of carbonyl (C=O) groups excluding carboxylic acids is 1. The predicted octanol–water partition coefficient (Wildman–Crippen LogP) is 2.55. The highest BCUT2D eigenvalue weighted by Crippen LogP contribution is 2.07. The second kappa shape index (κ2) is 9.33. The molecule has 0 heterocycles. The fourth-order valence-electron chi connectivity index (χ4n) is 1.42. The fraction of sp³-hybridized carbons (Fsp3) is 0.500. The Balaban J connectivity index is 1.97. The van der Waals surface area contributed by atoms with E-state index >= 15 is 0 Å². The van der Waals surface area contributed by atoms with Crippen molar-refractivity contribution in [2.75, 3.05) is 19.7 Å². The minimum Gasteiger partial charge on any atom is -0.494 e. The number of benzene rings is 1. The Bertz CT molecular complexity index is 328. The molecular weight excluding hydrogens is 228 g/mol. The first-order valence-corrected chi connectivity index (χ1v) is 6.52. The molecule has 18 heavy (non-hydrogen) atoms. The van der Waals surface area contributed by atoms with Gasteiger partial charge in [-0.2, -0.15) is 0 Å². The zero-order valence-corrected chi connectivity index (χ0v) is 10.9. The molecule has 0 aliphatic rings. The molecule has 1 rings (SSSR count). The molecule has 4 nitrogen and oxygen atoms in total. The topological polar surface area (TPSA) is 50.4 Å². The van der Waals surface area contributed by atoms with E-state index in [1.54, 1.807) is 0 Å². The van der Waals surface area contributed by atoms with E-state index in [2.05, 4.69) is 17.6 Å². The number of unbranched alkanes of at least 4 members (excludes halogenated alkanes) is 1. The van der Waals surface area contributed by atoms with Crippen LogP contribution in [0.2, 0.25) is 0 Å². The Morgan fingerprint density at radius 3 is 2.44 bits per heavy atom. The van der Waals surface area contributed by atoms with Gasteiger partial charge in [-0.1, -0.05) is 31.5 Å². The Hall–Kier alpha value is -1.71. The fourth-order valence-corrected chi connectivity index (χ4v) is 1.42. The monoisotopic (exact) mass is 250 g/mol.